The van der Waals surface area contributed by atoms with Gasteiger partial charge in [0.2, 0.25) is 5.91 Å². The van der Waals surface area contributed by atoms with Crippen molar-refractivity contribution in [1.82, 2.24) is 9.80 Å². The van der Waals surface area contributed by atoms with Crippen molar-refractivity contribution >= 4 is 17.5 Å². The molecule has 0 spiro atoms. The number of amides is 2. The van der Waals surface area contributed by atoms with Crippen LogP contribution in [0.4, 0.5) is 5.69 Å². The van der Waals surface area contributed by atoms with E-state index in [4.69, 9.17) is 4.74 Å². The zero-order chi connectivity index (χ0) is 22.6. The van der Waals surface area contributed by atoms with Crippen LogP contribution < -0.4 is 9.64 Å². The SMILES string of the molecule is O=C(c1ccccc1)N1CCN(CC(=O)N2c3ccccc3OCC2c2ccccc2)CC1. The molecule has 5 rings (SSSR count). The van der Waals surface area contributed by atoms with Gasteiger partial charge in [-0.25, -0.2) is 0 Å². The number of anilines is 1. The van der Waals surface area contributed by atoms with Crippen LogP contribution in [-0.2, 0) is 4.79 Å². The third kappa shape index (κ3) is 4.47. The highest BCUT2D eigenvalue weighted by molar-refractivity contribution is 5.97. The van der Waals surface area contributed by atoms with Crippen LogP contribution in [0.25, 0.3) is 0 Å². The van der Waals surface area contributed by atoms with Gasteiger partial charge in [0.05, 0.1) is 18.3 Å². The van der Waals surface area contributed by atoms with E-state index in [0.717, 1.165) is 17.0 Å². The molecule has 0 radical (unpaired) electrons. The molecule has 1 fully saturated rings. The maximum atomic E-state index is 13.6. The summed E-state index contributed by atoms with van der Waals surface area (Å²) >= 11 is 0. The summed E-state index contributed by atoms with van der Waals surface area (Å²) in [6.45, 7) is 3.31. The molecule has 0 N–H and O–H groups in total. The number of carbonyl (C=O) groups excluding carboxylic acids is 2. The minimum Gasteiger partial charge on any atom is -0.489 e. The molecular formula is C27H27N3O3. The highest BCUT2D eigenvalue weighted by Gasteiger charge is 2.34. The lowest BCUT2D eigenvalue weighted by Crippen LogP contribution is -2.52. The molecule has 1 atom stereocenters. The number of hydrogen-bond donors (Lipinski definition) is 0. The Hall–Kier alpha value is -3.64. The first-order valence-corrected chi connectivity index (χ1v) is 11.4. The predicted octanol–water partition coefficient (Wildman–Crippen LogP) is 3.61. The number of nitrogens with zero attached hydrogens (tertiary/aromatic N) is 3. The lowest BCUT2D eigenvalue weighted by atomic mass is 10.0. The molecule has 168 valence electrons. The first-order chi connectivity index (χ1) is 16.2. The Kier molecular flexibility index (Phi) is 6.09. The summed E-state index contributed by atoms with van der Waals surface area (Å²) in [6.07, 6.45) is 0. The molecule has 0 aromatic heterocycles. The van der Waals surface area contributed by atoms with Gasteiger partial charge in [-0.1, -0.05) is 60.7 Å². The third-order valence-corrected chi connectivity index (χ3v) is 6.33. The van der Waals surface area contributed by atoms with Gasteiger partial charge in [-0.05, 0) is 29.8 Å². The second-order valence-electron chi connectivity index (χ2n) is 8.40. The average Bonchev–Trinajstić information content (AvgIpc) is 2.89. The number of benzene rings is 3. The number of fused-ring (bicyclic) bond motifs is 1. The Morgan fingerprint density at radius 1 is 0.788 bits per heavy atom. The number of piperazine rings is 1. The number of rotatable bonds is 4. The van der Waals surface area contributed by atoms with Crippen LogP contribution in [0, 0.1) is 0 Å². The van der Waals surface area contributed by atoms with Gasteiger partial charge in [-0.2, -0.15) is 0 Å². The van der Waals surface area contributed by atoms with Crippen LogP contribution in [0.15, 0.2) is 84.9 Å². The van der Waals surface area contributed by atoms with Gasteiger partial charge < -0.3 is 9.64 Å². The van der Waals surface area contributed by atoms with Crippen LogP contribution in [-0.4, -0.2) is 60.9 Å². The van der Waals surface area contributed by atoms with Gasteiger partial charge >= 0.3 is 0 Å². The molecule has 0 saturated carbocycles. The molecule has 33 heavy (non-hydrogen) atoms. The molecule has 2 amide bonds. The molecule has 6 nitrogen and oxygen atoms in total. The van der Waals surface area contributed by atoms with Crippen LogP contribution in [0.1, 0.15) is 22.0 Å². The normalized spacial score (nSPS) is 18.4. The van der Waals surface area contributed by atoms with Crippen LogP contribution in [0.5, 0.6) is 5.75 Å². The van der Waals surface area contributed by atoms with Gasteiger partial charge in [0.15, 0.2) is 0 Å². The zero-order valence-corrected chi connectivity index (χ0v) is 18.5. The Morgan fingerprint density at radius 2 is 1.42 bits per heavy atom. The van der Waals surface area contributed by atoms with Crippen molar-refractivity contribution in [1.29, 1.82) is 0 Å². The summed E-state index contributed by atoms with van der Waals surface area (Å²) in [5.74, 6) is 0.826. The average molecular weight is 442 g/mol. The summed E-state index contributed by atoms with van der Waals surface area (Å²) in [4.78, 5) is 32.2. The minimum atomic E-state index is -0.172. The van der Waals surface area contributed by atoms with E-state index >= 15 is 0 Å². The zero-order valence-electron chi connectivity index (χ0n) is 18.5. The number of hydrogen-bond acceptors (Lipinski definition) is 4. The molecule has 0 aliphatic carbocycles. The first-order valence-electron chi connectivity index (χ1n) is 11.4. The monoisotopic (exact) mass is 441 g/mol. The fourth-order valence-corrected chi connectivity index (χ4v) is 4.56. The molecule has 6 heteroatoms. The minimum absolute atomic E-state index is 0.0439. The van der Waals surface area contributed by atoms with E-state index in [0.29, 0.717) is 44.9 Å². The van der Waals surface area contributed by atoms with E-state index in [1.165, 1.54) is 0 Å². The van der Waals surface area contributed by atoms with Gasteiger partial charge in [0.1, 0.15) is 12.4 Å². The highest BCUT2D eigenvalue weighted by atomic mass is 16.5. The van der Waals surface area contributed by atoms with Gasteiger partial charge in [0.25, 0.3) is 5.91 Å². The molecule has 2 aliphatic rings. The van der Waals surface area contributed by atoms with Crippen molar-refractivity contribution in [2.75, 3.05) is 44.2 Å². The highest BCUT2D eigenvalue weighted by Crippen LogP contribution is 2.39. The Bertz CT molecular complexity index is 1110. The lowest BCUT2D eigenvalue weighted by molar-refractivity contribution is -0.121. The van der Waals surface area contributed by atoms with Gasteiger partial charge in [0, 0.05) is 31.7 Å². The second-order valence-corrected chi connectivity index (χ2v) is 8.40. The standard InChI is InChI=1S/C27H27N3O3/c31-26(19-28-15-17-29(18-16-28)27(32)22-11-5-2-6-12-22)30-23-13-7-8-14-25(23)33-20-24(30)21-9-3-1-4-10-21/h1-14,24H,15-20H2. The fourth-order valence-electron chi connectivity index (χ4n) is 4.56. The van der Waals surface area contributed by atoms with E-state index in [2.05, 4.69) is 4.90 Å². The largest absolute Gasteiger partial charge is 0.489 e. The molecule has 1 saturated heterocycles. The summed E-state index contributed by atoms with van der Waals surface area (Å²) in [5.41, 5.74) is 2.57. The fraction of sp³-hybridized carbons (Fsp3) is 0.259. The Balaban J connectivity index is 1.29. The number of carbonyl (C=O) groups is 2. The smallest absolute Gasteiger partial charge is 0.253 e. The summed E-state index contributed by atoms with van der Waals surface area (Å²) < 4.78 is 5.99. The van der Waals surface area contributed by atoms with Gasteiger partial charge in [-0.3, -0.25) is 19.4 Å². The van der Waals surface area contributed by atoms with Crippen molar-refractivity contribution in [2.45, 2.75) is 6.04 Å². The van der Waals surface area contributed by atoms with Crippen molar-refractivity contribution in [3.8, 4) is 5.75 Å². The third-order valence-electron chi connectivity index (χ3n) is 6.33. The molecule has 3 aromatic rings. The van der Waals surface area contributed by atoms with Crippen molar-refractivity contribution in [3.63, 3.8) is 0 Å². The maximum Gasteiger partial charge on any atom is 0.253 e. The predicted molar refractivity (Wildman–Crippen MR) is 127 cm³/mol. The number of para-hydroxylation sites is 2. The van der Waals surface area contributed by atoms with E-state index < -0.39 is 0 Å². The summed E-state index contributed by atoms with van der Waals surface area (Å²) in [6, 6.07) is 26.9. The molecule has 1 unspecified atom stereocenters. The first kappa shape index (κ1) is 21.2. The van der Waals surface area contributed by atoms with Crippen molar-refractivity contribution in [2.24, 2.45) is 0 Å². The number of ether oxygens (including phenoxy) is 1. The molecule has 2 heterocycles. The summed E-state index contributed by atoms with van der Waals surface area (Å²) in [5, 5.41) is 0. The summed E-state index contributed by atoms with van der Waals surface area (Å²) in [7, 11) is 0. The van der Waals surface area contributed by atoms with Crippen molar-refractivity contribution in [3.05, 3.63) is 96.1 Å². The van der Waals surface area contributed by atoms with E-state index in [9.17, 15) is 9.59 Å². The molecule has 2 aliphatic heterocycles. The van der Waals surface area contributed by atoms with Crippen LogP contribution >= 0.6 is 0 Å². The molecular weight excluding hydrogens is 414 g/mol. The Morgan fingerprint density at radius 3 is 2.15 bits per heavy atom. The van der Waals surface area contributed by atoms with Crippen LogP contribution in [0.3, 0.4) is 0 Å². The second kappa shape index (κ2) is 9.46. The van der Waals surface area contributed by atoms with E-state index in [1.54, 1.807) is 0 Å². The van der Waals surface area contributed by atoms with E-state index in [-0.39, 0.29) is 17.9 Å². The van der Waals surface area contributed by atoms with Crippen LogP contribution in [0.2, 0.25) is 0 Å². The topological polar surface area (TPSA) is 53.1 Å². The Labute approximate surface area is 194 Å². The van der Waals surface area contributed by atoms with E-state index in [1.807, 2.05) is 94.7 Å². The maximum absolute atomic E-state index is 13.6. The van der Waals surface area contributed by atoms with Crippen molar-refractivity contribution < 1.29 is 14.3 Å². The molecule has 0 bridgehead atoms. The van der Waals surface area contributed by atoms with Gasteiger partial charge in [-0.15, -0.1) is 0 Å². The molecule has 3 aromatic carbocycles. The lowest BCUT2D eigenvalue weighted by Gasteiger charge is -2.39. The quantitative estimate of drug-likeness (QED) is 0.621.